The molecule has 0 aromatic heterocycles. The van der Waals surface area contributed by atoms with E-state index in [0.717, 1.165) is 19.3 Å². The van der Waals surface area contributed by atoms with Gasteiger partial charge in [0.05, 0.1) is 17.0 Å². The quantitative estimate of drug-likeness (QED) is 0.718. The fraction of sp³-hybridized carbons (Fsp3) is 0.500. The van der Waals surface area contributed by atoms with Gasteiger partial charge in [0.25, 0.3) is 5.91 Å². The van der Waals surface area contributed by atoms with Gasteiger partial charge in [0, 0.05) is 12.1 Å². The van der Waals surface area contributed by atoms with Gasteiger partial charge in [-0.25, -0.2) is 13.1 Å². The number of sulfonamides is 1. The van der Waals surface area contributed by atoms with E-state index in [4.69, 9.17) is 0 Å². The predicted molar refractivity (Wildman–Crippen MR) is 78.4 cm³/mol. The Morgan fingerprint density at radius 1 is 1.29 bits per heavy atom. The lowest BCUT2D eigenvalue weighted by molar-refractivity contribution is 0.0641. The van der Waals surface area contributed by atoms with Crippen molar-refractivity contribution in [2.45, 2.75) is 36.6 Å². The molecule has 6 nitrogen and oxygen atoms in total. The topological polar surface area (TPSA) is 95.5 Å². The van der Waals surface area contributed by atoms with Crippen molar-refractivity contribution in [2.75, 3.05) is 13.2 Å². The van der Waals surface area contributed by atoms with E-state index in [2.05, 4.69) is 10.0 Å². The highest BCUT2D eigenvalue weighted by Crippen LogP contribution is 2.31. The maximum Gasteiger partial charge on any atom is 0.251 e. The average Bonchev–Trinajstić information content (AvgIpc) is 2.43. The number of nitrogens with one attached hydrogen (secondary N) is 2. The molecular weight excluding hydrogens is 292 g/mol. The van der Waals surface area contributed by atoms with Crippen LogP contribution in [-0.4, -0.2) is 38.1 Å². The molecular formula is C14H20N2O4S. The summed E-state index contributed by atoms with van der Waals surface area (Å²) in [6.45, 7) is 1.93. The smallest absolute Gasteiger partial charge is 0.251 e. The van der Waals surface area contributed by atoms with Gasteiger partial charge in [-0.2, -0.15) is 0 Å². The molecule has 0 radical (unpaired) electrons. The minimum absolute atomic E-state index is 0.0778. The molecule has 0 bridgehead atoms. The van der Waals surface area contributed by atoms with Crippen molar-refractivity contribution in [1.82, 2.24) is 10.0 Å². The molecule has 0 spiro atoms. The zero-order chi connectivity index (χ0) is 15.5. The van der Waals surface area contributed by atoms with Gasteiger partial charge in [0.15, 0.2) is 0 Å². The molecule has 7 heteroatoms. The number of carbonyl (C=O) groups excluding carboxylic acids is 1. The second kappa shape index (κ2) is 6.13. The van der Waals surface area contributed by atoms with E-state index in [-0.39, 0.29) is 17.4 Å². The Bertz CT molecular complexity index is 601. The molecule has 21 heavy (non-hydrogen) atoms. The first kappa shape index (κ1) is 15.9. The van der Waals surface area contributed by atoms with Gasteiger partial charge in [-0.3, -0.25) is 4.79 Å². The number of aliphatic hydroxyl groups excluding tert-OH is 1. The molecule has 1 aromatic carbocycles. The zero-order valence-electron chi connectivity index (χ0n) is 11.9. The second-order valence-electron chi connectivity index (χ2n) is 5.27. The molecule has 3 N–H and O–H groups in total. The average molecular weight is 312 g/mol. The number of hydrogen-bond acceptors (Lipinski definition) is 4. The molecule has 116 valence electrons. The van der Waals surface area contributed by atoms with E-state index >= 15 is 0 Å². The van der Waals surface area contributed by atoms with Crippen LogP contribution in [0.5, 0.6) is 0 Å². The van der Waals surface area contributed by atoms with Crippen molar-refractivity contribution in [2.24, 2.45) is 0 Å². The molecule has 1 amide bonds. The van der Waals surface area contributed by atoms with Crippen molar-refractivity contribution in [3.05, 3.63) is 29.8 Å². The summed E-state index contributed by atoms with van der Waals surface area (Å²) in [5.74, 6) is -0.295. The van der Waals surface area contributed by atoms with E-state index in [1.807, 2.05) is 0 Å². The number of benzene rings is 1. The summed E-state index contributed by atoms with van der Waals surface area (Å²) in [4.78, 5) is 12.2. The van der Waals surface area contributed by atoms with E-state index in [9.17, 15) is 18.3 Å². The van der Waals surface area contributed by atoms with Crippen molar-refractivity contribution >= 4 is 15.9 Å². The van der Waals surface area contributed by atoms with Gasteiger partial charge < -0.3 is 10.4 Å². The Morgan fingerprint density at radius 3 is 2.33 bits per heavy atom. The van der Waals surface area contributed by atoms with E-state index in [1.165, 1.54) is 24.3 Å². The van der Waals surface area contributed by atoms with Gasteiger partial charge in [-0.05, 0) is 43.5 Å². The van der Waals surface area contributed by atoms with E-state index < -0.39 is 15.6 Å². The highest BCUT2D eigenvalue weighted by molar-refractivity contribution is 7.89. The molecule has 1 aliphatic rings. The van der Waals surface area contributed by atoms with Crippen molar-refractivity contribution in [3.8, 4) is 0 Å². The SMILES string of the molecule is CCNS(=O)(=O)c1ccc(C(=O)NC2(CO)CCC2)cc1. The Balaban J connectivity index is 2.10. The number of aliphatic hydroxyl groups is 1. The predicted octanol–water partition coefficient (Wildman–Crippen LogP) is 0.630. The molecule has 0 saturated heterocycles. The van der Waals surface area contributed by atoms with E-state index in [0.29, 0.717) is 12.1 Å². The molecule has 0 unspecified atom stereocenters. The van der Waals surface area contributed by atoms with Crippen molar-refractivity contribution < 1.29 is 18.3 Å². The summed E-state index contributed by atoms with van der Waals surface area (Å²) in [5.41, 5.74) is -0.129. The standard InChI is InChI=1S/C14H20N2O4S/c1-2-15-21(19,20)12-6-4-11(5-7-12)13(18)16-14(10-17)8-3-9-14/h4-7,15,17H,2-3,8-10H2,1H3,(H,16,18). The van der Waals surface area contributed by atoms with Gasteiger partial charge >= 0.3 is 0 Å². The van der Waals surface area contributed by atoms with Crippen LogP contribution < -0.4 is 10.0 Å². The van der Waals surface area contributed by atoms with Crippen LogP contribution in [0.2, 0.25) is 0 Å². The van der Waals surface area contributed by atoms with Crippen LogP contribution in [0.25, 0.3) is 0 Å². The third-order valence-corrected chi connectivity index (χ3v) is 5.31. The van der Waals surface area contributed by atoms with Crippen LogP contribution in [0.1, 0.15) is 36.5 Å². The molecule has 2 rings (SSSR count). The molecule has 0 aliphatic heterocycles. The van der Waals surface area contributed by atoms with Crippen LogP contribution in [0.15, 0.2) is 29.2 Å². The highest BCUT2D eigenvalue weighted by Gasteiger charge is 2.37. The Hall–Kier alpha value is -1.44. The van der Waals surface area contributed by atoms with Gasteiger partial charge in [-0.1, -0.05) is 6.92 Å². The Morgan fingerprint density at radius 2 is 1.90 bits per heavy atom. The molecule has 1 aliphatic carbocycles. The van der Waals surface area contributed by atoms with Crippen LogP contribution in [0.4, 0.5) is 0 Å². The number of amides is 1. The third kappa shape index (κ3) is 3.42. The molecule has 0 atom stereocenters. The zero-order valence-corrected chi connectivity index (χ0v) is 12.7. The third-order valence-electron chi connectivity index (χ3n) is 3.75. The lowest BCUT2D eigenvalue weighted by Gasteiger charge is -2.40. The molecule has 0 heterocycles. The van der Waals surface area contributed by atoms with Crippen LogP contribution in [-0.2, 0) is 10.0 Å². The lowest BCUT2D eigenvalue weighted by Crippen LogP contribution is -2.56. The first-order valence-electron chi connectivity index (χ1n) is 6.95. The highest BCUT2D eigenvalue weighted by atomic mass is 32.2. The van der Waals surface area contributed by atoms with Crippen LogP contribution in [0.3, 0.4) is 0 Å². The molecule has 1 saturated carbocycles. The summed E-state index contributed by atoms with van der Waals surface area (Å²) < 4.78 is 26.0. The summed E-state index contributed by atoms with van der Waals surface area (Å²) in [6, 6.07) is 5.76. The summed E-state index contributed by atoms with van der Waals surface area (Å²) in [5, 5.41) is 12.2. The number of carbonyl (C=O) groups is 1. The largest absolute Gasteiger partial charge is 0.394 e. The van der Waals surface area contributed by atoms with Crippen molar-refractivity contribution in [3.63, 3.8) is 0 Å². The maximum absolute atomic E-state index is 12.1. The fourth-order valence-electron chi connectivity index (χ4n) is 2.30. The van der Waals surface area contributed by atoms with Gasteiger partial charge in [0.2, 0.25) is 10.0 Å². The van der Waals surface area contributed by atoms with Crippen LogP contribution >= 0.6 is 0 Å². The summed E-state index contributed by atoms with van der Waals surface area (Å²) >= 11 is 0. The number of rotatable bonds is 6. The van der Waals surface area contributed by atoms with Gasteiger partial charge in [-0.15, -0.1) is 0 Å². The fourth-order valence-corrected chi connectivity index (χ4v) is 3.34. The van der Waals surface area contributed by atoms with Gasteiger partial charge in [0.1, 0.15) is 0 Å². The second-order valence-corrected chi connectivity index (χ2v) is 7.04. The van der Waals surface area contributed by atoms with Crippen LogP contribution in [0, 0.1) is 0 Å². The minimum atomic E-state index is -3.51. The Kier molecular flexibility index (Phi) is 4.65. The Labute approximate surface area is 124 Å². The number of hydrogen-bond donors (Lipinski definition) is 3. The molecule has 1 fully saturated rings. The molecule has 1 aromatic rings. The normalized spacial score (nSPS) is 17.0. The van der Waals surface area contributed by atoms with Crippen molar-refractivity contribution in [1.29, 1.82) is 0 Å². The monoisotopic (exact) mass is 312 g/mol. The lowest BCUT2D eigenvalue weighted by atomic mass is 9.77. The first-order valence-corrected chi connectivity index (χ1v) is 8.44. The summed E-state index contributed by atoms with van der Waals surface area (Å²) in [6.07, 6.45) is 2.52. The minimum Gasteiger partial charge on any atom is -0.394 e. The maximum atomic E-state index is 12.1. The van der Waals surface area contributed by atoms with E-state index in [1.54, 1.807) is 6.92 Å². The first-order chi connectivity index (χ1) is 9.92. The summed E-state index contributed by atoms with van der Waals surface area (Å²) in [7, 11) is -3.51.